The fraction of sp³-hybridized carbons (Fsp3) is 0. The third kappa shape index (κ3) is 2.02. The van der Waals surface area contributed by atoms with Crippen LogP contribution in [-0.4, -0.2) is 20.5 Å². The molecule has 0 aliphatic rings. The number of nitrogens with zero attached hydrogens (tertiary/aromatic N) is 3. The standard InChI is InChI=1S/C10H6N4OS2/c15-9(12-10-11-3-4-16-10)6-1-2-8-7(5-6)13-14-17-8/h1-5H,(H,11,12,15). The molecule has 0 spiro atoms. The second-order valence-electron chi connectivity index (χ2n) is 3.25. The highest BCUT2D eigenvalue weighted by Crippen LogP contribution is 2.18. The molecule has 0 aliphatic carbocycles. The number of hydrogen-bond acceptors (Lipinski definition) is 6. The summed E-state index contributed by atoms with van der Waals surface area (Å²) in [5.74, 6) is -0.185. The molecule has 17 heavy (non-hydrogen) atoms. The van der Waals surface area contributed by atoms with Crippen molar-refractivity contribution in [2.45, 2.75) is 0 Å². The zero-order valence-electron chi connectivity index (χ0n) is 8.45. The summed E-state index contributed by atoms with van der Waals surface area (Å²) in [5.41, 5.74) is 1.29. The van der Waals surface area contributed by atoms with Gasteiger partial charge in [-0.25, -0.2) is 4.98 Å². The normalized spacial score (nSPS) is 10.6. The Labute approximate surface area is 104 Å². The first-order valence-electron chi connectivity index (χ1n) is 4.76. The van der Waals surface area contributed by atoms with Gasteiger partial charge in [0.15, 0.2) is 5.13 Å². The monoisotopic (exact) mass is 262 g/mol. The minimum atomic E-state index is -0.185. The first-order valence-corrected chi connectivity index (χ1v) is 6.41. The highest BCUT2D eigenvalue weighted by atomic mass is 32.1. The molecule has 2 aromatic heterocycles. The van der Waals surface area contributed by atoms with Crippen LogP contribution in [0.4, 0.5) is 5.13 Å². The van der Waals surface area contributed by atoms with Crippen molar-refractivity contribution in [3.05, 3.63) is 35.3 Å². The van der Waals surface area contributed by atoms with Crippen molar-refractivity contribution >= 4 is 44.1 Å². The van der Waals surface area contributed by atoms with Crippen LogP contribution in [-0.2, 0) is 0 Å². The van der Waals surface area contributed by atoms with Gasteiger partial charge in [0.2, 0.25) is 0 Å². The van der Waals surface area contributed by atoms with Crippen LogP contribution in [0.5, 0.6) is 0 Å². The summed E-state index contributed by atoms with van der Waals surface area (Å²) >= 11 is 2.69. The quantitative estimate of drug-likeness (QED) is 0.770. The maximum atomic E-state index is 11.9. The van der Waals surface area contributed by atoms with E-state index in [0.717, 1.165) is 10.2 Å². The van der Waals surface area contributed by atoms with Crippen molar-refractivity contribution in [2.24, 2.45) is 0 Å². The molecule has 0 aliphatic heterocycles. The summed E-state index contributed by atoms with van der Waals surface area (Å²) in [7, 11) is 0. The Hall–Kier alpha value is -1.86. The molecule has 1 amide bonds. The minimum absolute atomic E-state index is 0.185. The molecule has 1 N–H and O–H groups in total. The van der Waals surface area contributed by atoms with Gasteiger partial charge in [0.25, 0.3) is 5.91 Å². The van der Waals surface area contributed by atoms with Crippen molar-refractivity contribution in [3.63, 3.8) is 0 Å². The van der Waals surface area contributed by atoms with E-state index in [-0.39, 0.29) is 5.91 Å². The smallest absolute Gasteiger partial charge is 0.257 e. The lowest BCUT2D eigenvalue weighted by atomic mass is 10.2. The third-order valence-electron chi connectivity index (χ3n) is 2.16. The zero-order chi connectivity index (χ0) is 11.7. The van der Waals surface area contributed by atoms with E-state index in [1.54, 1.807) is 18.3 Å². The molecule has 2 heterocycles. The molecule has 3 aromatic rings. The summed E-state index contributed by atoms with van der Waals surface area (Å²) < 4.78 is 4.80. The molecule has 0 fully saturated rings. The fourth-order valence-electron chi connectivity index (χ4n) is 1.38. The molecule has 0 radical (unpaired) electrons. The van der Waals surface area contributed by atoms with Gasteiger partial charge in [-0.1, -0.05) is 4.49 Å². The van der Waals surface area contributed by atoms with E-state index in [4.69, 9.17) is 0 Å². The Bertz CT molecular complexity index is 662. The van der Waals surface area contributed by atoms with Crippen molar-refractivity contribution in [3.8, 4) is 0 Å². The summed E-state index contributed by atoms with van der Waals surface area (Å²) in [5, 5.41) is 9.05. The van der Waals surface area contributed by atoms with Gasteiger partial charge in [-0.3, -0.25) is 10.1 Å². The first kappa shape index (κ1) is 10.3. The van der Waals surface area contributed by atoms with Gasteiger partial charge in [0.1, 0.15) is 5.52 Å². The molecular weight excluding hydrogens is 256 g/mol. The molecule has 0 bridgehead atoms. The van der Waals surface area contributed by atoms with Gasteiger partial charge in [-0.15, -0.1) is 16.4 Å². The van der Waals surface area contributed by atoms with E-state index < -0.39 is 0 Å². The van der Waals surface area contributed by atoms with Gasteiger partial charge in [-0.2, -0.15) is 0 Å². The molecule has 5 nitrogen and oxygen atoms in total. The molecule has 3 rings (SSSR count). The Kier molecular flexibility index (Phi) is 2.54. The van der Waals surface area contributed by atoms with Crippen molar-refractivity contribution in [2.75, 3.05) is 5.32 Å². The predicted molar refractivity (Wildman–Crippen MR) is 67.5 cm³/mol. The highest BCUT2D eigenvalue weighted by molar-refractivity contribution is 7.13. The average Bonchev–Trinajstić information content (AvgIpc) is 2.97. The van der Waals surface area contributed by atoms with Crippen molar-refractivity contribution in [1.29, 1.82) is 0 Å². The van der Waals surface area contributed by atoms with Gasteiger partial charge in [0.05, 0.1) is 4.70 Å². The number of fused-ring (bicyclic) bond motifs is 1. The highest BCUT2D eigenvalue weighted by Gasteiger charge is 2.09. The Morgan fingerprint density at radius 2 is 2.29 bits per heavy atom. The number of benzene rings is 1. The van der Waals surface area contributed by atoms with E-state index in [2.05, 4.69) is 19.9 Å². The minimum Gasteiger partial charge on any atom is -0.298 e. The topological polar surface area (TPSA) is 67.8 Å². The maximum absolute atomic E-state index is 11.9. The Balaban J connectivity index is 1.90. The summed E-state index contributed by atoms with van der Waals surface area (Å²) in [6.45, 7) is 0. The molecular formula is C10H6N4OS2. The molecule has 1 aromatic carbocycles. The lowest BCUT2D eigenvalue weighted by Gasteiger charge is -2.00. The number of thiazole rings is 1. The van der Waals surface area contributed by atoms with E-state index >= 15 is 0 Å². The number of hydrogen-bond donors (Lipinski definition) is 1. The number of aromatic nitrogens is 3. The van der Waals surface area contributed by atoms with E-state index in [9.17, 15) is 4.79 Å². The van der Waals surface area contributed by atoms with Crippen LogP contribution in [0.1, 0.15) is 10.4 Å². The van der Waals surface area contributed by atoms with Crippen LogP contribution >= 0.6 is 22.9 Å². The second-order valence-corrected chi connectivity index (χ2v) is 4.93. The molecule has 0 saturated carbocycles. The van der Waals surface area contributed by atoms with Crippen LogP contribution in [0, 0.1) is 0 Å². The number of rotatable bonds is 2. The van der Waals surface area contributed by atoms with Gasteiger partial charge in [-0.05, 0) is 29.7 Å². The van der Waals surface area contributed by atoms with Crippen molar-refractivity contribution in [1.82, 2.24) is 14.6 Å². The van der Waals surface area contributed by atoms with Crippen molar-refractivity contribution < 1.29 is 4.79 Å². The van der Waals surface area contributed by atoms with Crippen LogP contribution in [0.15, 0.2) is 29.8 Å². The van der Waals surface area contributed by atoms with E-state index in [1.807, 2.05) is 11.4 Å². The number of anilines is 1. The maximum Gasteiger partial charge on any atom is 0.257 e. The molecule has 0 saturated heterocycles. The second kappa shape index (κ2) is 4.19. The lowest BCUT2D eigenvalue weighted by molar-refractivity contribution is 0.102. The summed E-state index contributed by atoms with van der Waals surface area (Å²) in [6.07, 6.45) is 1.65. The Morgan fingerprint density at radius 1 is 1.35 bits per heavy atom. The molecule has 84 valence electrons. The number of nitrogens with one attached hydrogen (secondary N) is 1. The summed E-state index contributed by atoms with van der Waals surface area (Å²) in [4.78, 5) is 15.9. The van der Waals surface area contributed by atoms with Crippen LogP contribution in [0.3, 0.4) is 0 Å². The van der Waals surface area contributed by atoms with Gasteiger partial charge in [0, 0.05) is 17.1 Å². The van der Waals surface area contributed by atoms with E-state index in [0.29, 0.717) is 10.7 Å². The number of amides is 1. The molecule has 0 unspecified atom stereocenters. The molecule has 7 heteroatoms. The van der Waals surface area contributed by atoms with Crippen LogP contribution in [0.25, 0.3) is 10.2 Å². The van der Waals surface area contributed by atoms with E-state index in [1.165, 1.54) is 22.9 Å². The lowest BCUT2D eigenvalue weighted by Crippen LogP contribution is -2.11. The fourth-order valence-corrected chi connectivity index (χ4v) is 2.44. The predicted octanol–water partition coefficient (Wildman–Crippen LogP) is 2.40. The largest absolute Gasteiger partial charge is 0.298 e. The average molecular weight is 262 g/mol. The number of carbonyl (C=O) groups excluding carboxylic acids is 1. The number of carbonyl (C=O) groups is 1. The third-order valence-corrected chi connectivity index (χ3v) is 3.56. The Morgan fingerprint density at radius 3 is 3.12 bits per heavy atom. The SMILES string of the molecule is O=C(Nc1nccs1)c1ccc2snnc2c1. The van der Waals surface area contributed by atoms with Crippen LogP contribution < -0.4 is 5.32 Å². The van der Waals surface area contributed by atoms with Gasteiger partial charge < -0.3 is 0 Å². The summed E-state index contributed by atoms with van der Waals surface area (Å²) in [6, 6.07) is 5.32. The van der Waals surface area contributed by atoms with Gasteiger partial charge >= 0.3 is 0 Å². The zero-order valence-corrected chi connectivity index (χ0v) is 10.1. The first-order chi connectivity index (χ1) is 8.33. The molecule has 0 atom stereocenters. The van der Waals surface area contributed by atoms with Crippen LogP contribution in [0.2, 0.25) is 0 Å².